The second-order valence-electron chi connectivity index (χ2n) is 3.53. The van der Waals surface area contributed by atoms with Gasteiger partial charge in [-0.2, -0.15) is 0 Å². The maximum absolute atomic E-state index is 5.84. The zero-order chi connectivity index (χ0) is 9.68. The van der Waals surface area contributed by atoms with E-state index in [1.807, 2.05) is 30.3 Å². The van der Waals surface area contributed by atoms with Crippen molar-refractivity contribution in [2.24, 2.45) is 11.7 Å². The highest BCUT2D eigenvalue weighted by molar-refractivity contribution is 5.20. The number of benzene rings is 1. The average molecular weight is 179 g/mol. The fourth-order valence-electron chi connectivity index (χ4n) is 0.902. The average Bonchev–Trinajstić information content (AvgIpc) is 2.15. The monoisotopic (exact) mass is 179 g/mol. The van der Waals surface area contributed by atoms with E-state index in [2.05, 4.69) is 13.8 Å². The van der Waals surface area contributed by atoms with E-state index in [4.69, 9.17) is 10.5 Å². The van der Waals surface area contributed by atoms with E-state index in [1.165, 1.54) is 0 Å². The molecule has 2 N–H and O–H groups in total. The Kier molecular flexibility index (Phi) is 3.77. The van der Waals surface area contributed by atoms with Crippen molar-refractivity contribution < 1.29 is 4.74 Å². The first-order valence-corrected chi connectivity index (χ1v) is 4.63. The molecule has 0 radical (unpaired) electrons. The maximum atomic E-state index is 5.84. The van der Waals surface area contributed by atoms with E-state index in [9.17, 15) is 0 Å². The molecule has 1 aromatic rings. The Morgan fingerprint density at radius 1 is 1.23 bits per heavy atom. The van der Waals surface area contributed by atoms with Gasteiger partial charge in [0.2, 0.25) is 0 Å². The summed E-state index contributed by atoms with van der Waals surface area (Å²) in [5.74, 6) is 1.35. The van der Waals surface area contributed by atoms with E-state index in [1.54, 1.807) is 0 Å². The largest absolute Gasteiger partial charge is 0.492 e. The smallest absolute Gasteiger partial charge is 0.119 e. The van der Waals surface area contributed by atoms with Gasteiger partial charge < -0.3 is 10.5 Å². The molecule has 1 rings (SSSR count). The van der Waals surface area contributed by atoms with Crippen LogP contribution < -0.4 is 10.5 Å². The number of hydrogen-bond acceptors (Lipinski definition) is 2. The van der Waals surface area contributed by atoms with Crippen LogP contribution in [-0.4, -0.2) is 12.6 Å². The van der Waals surface area contributed by atoms with Crippen molar-refractivity contribution in [1.82, 2.24) is 0 Å². The summed E-state index contributed by atoms with van der Waals surface area (Å²) in [6.07, 6.45) is 0. The van der Waals surface area contributed by atoms with Gasteiger partial charge in [0.25, 0.3) is 0 Å². The van der Waals surface area contributed by atoms with E-state index in [-0.39, 0.29) is 6.04 Å². The van der Waals surface area contributed by atoms with Crippen LogP contribution in [0.3, 0.4) is 0 Å². The van der Waals surface area contributed by atoms with Crippen LogP contribution in [0, 0.1) is 5.92 Å². The molecule has 0 fully saturated rings. The Morgan fingerprint density at radius 2 is 1.85 bits per heavy atom. The molecule has 1 aromatic carbocycles. The number of hydrogen-bond donors (Lipinski definition) is 1. The predicted molar refractivity (Wildman–Crippen MR) is 54.8 cm³/mol. The van der Waals surface area contributed by atoms with Gasteiger partial charge in [-0.25, -0.2) is 0 Å². The third-order valence-electron chi connectivity index (χ3n) is 2.04. The summed E-state index contributed by atoms with van der Waals surface area (Å²) in [7, 11) is 0. The van der Waals surface area contributed by atoms with Crippen molar-refractivity contribution in [1.29, 1.82) is 0 Å². The van der Waals surface area contributed by atoms with E-state index < -0.39 is 0 Å². The predicted octanol–water partition coefficient (Wildman–Crippen LogP) is 2.05. The lowest BCUT2D eigenvalue weighted by Crippen LogP contribution is -2.32. The second-order valence-corrected chi connectivity index (χ2v) is 3.53. The molecule has 1 unspecified atom stereocenters. The third-order valence-corrected chi connectivity index (χ3v) is 2.04. The highest BCUT2D eigenvalue weighted by Gasteiger charge is 2.07. The van der Waals surface area contributed by atoms with Crippen LogP contribution in [0.1, 0.15) is 13.8 Å². The van der Waals surface area contributed by atoms with Crippen molar-refractivity contribution in [2.45, 2.75) is 19.9 Å². The van der Waals surface area contributed by atoms with Gasteiger partial charge in [-0.05, 0) is 18.1 Å². The first kappa shape index (κ1) is 10.1. The van der Waals surface area contributed by atoms with Gasteiger partial charge in [0.05, 0.1) is 0 Å². The van der Waals surface area contributed by atoms with E-state index in [0.29, 0.717) is 12.5 Å². The van der Waals surface area contributed by atoms with Crippen molar-refractivity contribution in [3.05, 3.63) is 30.3 Å². The zero-order valence-electron chi connectivity index (χ0n) is 8.23. The lowest BCUT2D eigenvalue weighted by atomic mass is 10.1. The standard InChI is InChI=1S/C11H17NO/c1-9(2)11(12)8-13-10-6-4-3-5-7-10/h3-7,9,11H,8,12H2,1-2H3. The number of nitrogens with two attached hydrogens (primary N) is 1. The van der Waals surface area contributed by atoms with Crippen LogP contribution in [0.15, 0.2) is 30.3 Å². The Hall–Kier alpha value is -1.02. The Balaban J connectivity index is 2.35. The molecule has 72 valence electrons. The number of rotatable bonds is 4. The molecule has 0 aliphatic carbocycles. The quantitative estimate of drug-likeness (QED) is 0.767. The fraction of sp³-hybridized carbons (Fsp3) is 0.455. The molecule has 0 amide bonds. The number of ether oxygens (including phenoxy) is 1. The van der Waals surface area contributed by atoms with Crippen LogP contribution in [0.25, 0.3) is 0 Å². The molecule has 0 aromatic heterocycles. The van der Waals surface area contributed by atoms with Crippen LogP contribution in [0.5, 0.6) is 5.75 Å². The molecule has 0 aliphatic rings. The molecule has 2 nitrogen and oxygen atoms in total. The minimum atomic E-state index is 0.111. The van der Waals surface area contributed by atoms with Gasteiger partial charge in [0, 0.05) is 6.04 Å². The van der Waals surface area contributed by atoms with Crippen LogP contribution in [0.4, 0.5) is 0 Å². The fourth-order valence-corrected chi connectivity index (χ4v) is 0.902. The summed E-state index contributed by atoms with van der Waals surface area (Å²) in [5, 5.41) is 0. The van der Waals surface area contributed by atoms with Gasteiger partial charge in [0.15, 0.2) is 0 Å². The molecule has 2 heteroatoms. The first-order valence-electron chi connectivity index (χ1n) is 4.63. The van der Waals surface area contributed by atoms with Crippen molar-refractivity contribution >= 4 is 0 Å². The van der Waals surface area contributed by atoms with Crippen LogP contribution in [0.2, 0.25) is 0 Å². The van der Waals surface area contributed by atoms with Gasteiger partial charge in [-0.1, -0.05) is 32.0 Å². The summed E-state index contributed by atoms with van der Waals surface area (Å²) >= 11 is 0. The molecule has 0 saturated carbocycles. The molecule has 0 heterocycles. The van der Waals surface area contributed by atoms with E-state index in [0.717, 1.165) is 5.75 Å². The molecule has 0 spiro atoms. The topological polar surface area (TPSA) is 35.2 Å². The van der Waals surface area contributed by atoms with E-state index >= 15 is 0 Å². The third kappa shape index (κ3) is 3.47. The van der Waals surface area contributed by atoms with Gasteiger partial charge in [-0.3, -0.25) is 0 Å². The second kappa shape index (κ2) is 4.87. The van der Waals surface area contributed by atoms with Crippen LogP contribution >= 0.6 is 0 Å². The lowest BCUT2D eigenvalue weighted by Gasteiger charge is -2.16. The van der Waals surface area contributed by atoms with Gasteiger partial charge in [-0.15, -0.1) is 0 Å². The molecule has 13 heavy (non-hydrogen) atoms. The summed E-state index contributed by atoms with van der Waals surface area (Å²) in [4.78, 5) is 0. The highest BCUT2D eigenvalue weighted by atomic mass is 16.5. The molecule has 1 atom stereocenters. The van der Waals surface area contributed by atoms with Crippen molar-refractivity contribution in [2.75, 3.05) is 6.61 Å². The minimum absolute atomic E-state index is 0.111. The Labute approximate surface area is 79.7 Å². The molecule has 0 saturated heterocycles. The molecule has 0 bridgehead atoms. The normalized spacial score (nSPS) is 12.9. The zero-order valence-corrected chi connectivity index (χ0v) is 8.23. The van der Waals surface area contributed by atoms with Crippen molar-refractivity contribution in [3.8, 4) is 5.75 Å². The summed E-state index contributed by atoms with van der Waals surface area (Å²) in [5.41, 5.74) is 5.84. The summed E-state index contributed by atoms with van der Waals surface area (Å²) < 4.78 is 5.50. The minimum Gasteiger partial charge on any atom is -0.492 e. The van der Waals surface area contributed by atoms with Gasteiger partial charge in [0.1, 0.15) is 12.4 Å². The summed E-state index contributed by atoms with van der Waals surface area (Å²) in [6.45, 7) is 4.78. The number of para-hydroxylation sites is 1. The van der Waals surface area contributed by atoms with Crippen molar-refractivity contribution in [3.63, 3.8) is 0 Å². The molecular formula is C11H17NO. The highest BCUT2D eigenvalue weighted by Crippen LogP contribution is 2.09. The lowest BCUT2D eigenvalue weighted by molar-refractivity contribution is 0.259. The maximum Gasteiger partial charge on any atom is 0.119 e. The Bertz CT molecular complexity index is 233. The van der Waals surface area contributed by atoms with Crippen LogP contribution in [-0.2, 0) is 0 Å². The molecular weight excluding hydrogens is 162 g/mol. The SMILES string of the molecule is CC(C)C(N)COc1ccccc1. The molecule has 0 aliphatic heterocycles. The van der Waals surface area contributed by atoms with Gasteiger partial charge >= 0.3 is 0 Å². The Morgan fingerprint density at radius 3 is 2.38 bits per heavy atom. The summed E-state index contributed by atoms with van der Waals surface area (Å²) in [6, 6.07) is 9.86. The first-order chi connectivity index (χ1) is 6.20.